The first-order valence-corrected chi connectivity index (χ1v) is 19.8. The van der Waals surface area contributed by atoms with Gasteiger partial charge in [0.05, 0.1) is 34.0 Å². The van der Waals surface area contributed by atoms with Gasteiger partial charge >= 0.3 is 7.12 Å². The molecule has 3 aliphatic heterocycles. The zero-order valence-corrected chi connectivity index (χ0v) is 34.0. The van der Waals surface area contributed by atoms with Gasteiger partial charge in [-0.1, -0.05) is 54.1 Å². The van der Waals surface area contributed by atoms with Gasteiger partial charge < -0.3 is 24.6 Å². The highest BCUT2D eigenvalue weighted by atomic mass is 16.7. The zero-order valence-electron chi connectivity index (χ0n) is 34.0. The van der Waals surface area contributed by atoms with Gasteiger partial charge in [0.1, 0.15) is 0 Å². The van der Waals surface area contributed by atoms with E-state index in [0.717, 1.165) is 72.6 Å². The fourth-order valence-electron chi connectivity index (χ4n) is 8.06. The number of carbonyl (C=O) groups is 1. The Morgan fingerprint density at radius 1 is 0.638 bits per heavy atom. The SMILES string of the molecule is Cc1cc(C)c(-c2c3nc(cc4ccc([nH]4)c(-c4ccc(C(=O)NCc5ccc(B6OC(C)(C)C(C)(C)O6)cc5)cc4)c4nc(cc5ccc2[nH]5)C=C4)C=C3)c(C)c1. The van der Waals surface area contributed by atoms with Crippen LogP contribution in [0.15, 0.2) is 97.1 Å². The van der Waals surface area contributed by atoms with Gasteiger partial charge in [-0.05, 0) is 155 Å². The molecule has 6 heterocycles. The highest BCUT2D eigenvalue weighted by Crippen LogP contribution is 2.38. The van der Waals surface area contributed by atoms with Crippen molar-refractivity contribution in [3.05, 3.63) is 148 Å². The van der Waals surface area contributed by atoms with Crippen molar-refractivity contribution in [2.45, 2.75) is 66.2 Å². The van der Waals surface area contributed by atoms with Gasteiger partial charge in [0.15, 0.2) is 0 Å². The molecule has 9 rings (SSSR count). The number of nitrogens with one attached hydrogen (secondary N) is 3. The molecule has 288 valence electrons. The molecule has 3 aliphatic rings. The molecule has 3 N–H and O–H groups in total. The molecule has 1 amide bonds. The summed E-state index contributed by atoms with van der Waals surface area (Å²) in [4.78, 5) is 30.9. The third kappa shape index (κ3) is 7.01. The first kappa shape index (κ1) is 37.3. The molecule has 0 atom stereocenters. The number of aryl methyl sites for hydroxylation is 3. The minimum atomic E-state index is -0.424. The number of aromatic amines is 2. The highest BCUT2D eigenvalue weighted by molar-refractivity contribution is 6.62. The van der Waals surface area contributed by atoms with E-state index >= 15 is 0 Å². The van der Waals surface area contributed by atoms with Crippen molar-refractivity contribution in [2.24, 2.45) is 0 Å². The Kier molecular flexibility index (Phi) is 9.18. The van der Waals surface area contributed by atoms with Gasteiger partial charge in [0.25, 0.3) is 5.91 Å². The van der Waals surface area contributed by atoms with Crippen LogP contribution in [0.5, 0.6) is 0 Å². The fraction of sp³-hybridized carbons (Fsp3) is 0.204. The van der Waals surface area contributed by atoms with Gasteiger partial charge in [-0.25, -0.2) is 9.97 Å². The third-order valence-electron chi connectivity index (χ3n) is 11.7. The largest absolute Gasteiger partial charge is 0.494 e. The van der Waals surface area contributed by atoms with Crippen LogP contribution in [0.2, 0.25) is 0 Å². The molecule has 0 radical (unpaired) electrons. The predicted octanol–water partition coefficient (Wildman–Crippen LogP) is 10.1. The fourth-order valence-corrected chi connectivity index (χ4v) is 8.06. The van der Waals surface area contributed by atoms with Gasteiger partial charge in [0, 0.05) is 45.3 Å². The first-order chi connectivity index (χ1) is 27.8. The Morgan fingerprint density at radius 2 is 1.17 bits per heavy atom. The summed E-state index contributed by atoms with van der Waals surface area (Å²) in [6.07, 6.45) is 8.26. The van der Waals surface area contributed by atoms with Crippen LogP contribution in [0, 0.1) is 20.8 Å². The van der Waals surface area contributed by atoms with Gasteiger partial charge in [0.2, 0.25) is 0 Å². The maximum atomic E-state index is 13.3. The molecule has 6 aromatic rings. The van der Waals surface area contributed by atoms with Crippen LogP contribution in [0.3, 0.4) is 0 Å². The second kappa shape index (κ2) is 14.3. The van der Waals surface area contributed by atoms with E-state index in [2.05, 4.69) is 96.7 Å². The number of H-pyrrole nitrogens is 2. The molecule has 0 spiro atoms. The molecular weight excluding hydrogens is 717 g/mol. The second-order valence-corrected chi connectivity index (χ2v) is 16.6. The molecule has 9 heteroatoms. The molecule has 1 fully saturated rings. The normalized spacial score (nSPS) is 15.3. The Balaban J connectivity index is 1.03. The number of nitrogens with zero attached hydrogens (tertiary/aromatic N) is 2. The highest BCUT2D eigenvalue weighted by Gasteiger charge is 2.51. The Morgan fingerprint density at radius 3 is 1.74 bits per heavy atom. The smallest absolute Gasteiger partial charge is 0.399 e. The maximum absolute atomic E-state index is 13.3. The molecule has 0 saturated carbocycles. The van der Waals surface area contributed by atoms with E-state index in [9.17, 15) is 4.79 Å². The average Bonchev–Trinajstić information content (AvgIpc) is 4.04. The summed E-state index contributed by atoms with van der Waals surface area (Å²) in [6, 6.07) is 32.7. The number of fused-ring (bicyclic) bond motifs is 8. The molecule has 8 nitrogen and oxygen atoms in total. The van der Waals surface area contributed by atoms with E-state index in [1.165, 1.54) is 22.3 Å². The summed E-state index contributed by atoms with van der Waals surface area (Å²) in [5.41, 5.74) is 16.7. The average molecular weight is 764 g/mol. The van der Waals surface area contributed by atoms with Crippen LogP contribution < -0.4 is 10.8 Å². The number of carbonyl (C=O) groups excluding carboxylic acids is 1. The van der Waals surface area contributed by atoms with E-state index in [1.807, 2.05) is 88.4 Å². The van der Waals surface area contributed by atoms with Crippen molar-refractivity contribution < 1.29 is 14.1 Å². The topological polar surface area (TPSA) is 105 Å². The number of hydrogen-bond donors (Lipinski definition) is 3. The van der Waals surface area contributed by atoms with Crippen LogP contribution >= 0.6 is 0 Å². The molecule has 0 unspecified atom stereocenters. The first-order valence-electron chi connectivity index (χ1n) is 19.8. The van der Waals surface area contributed by atoms with Crippen LogP contribution in [0.25, 0.3) is 68.6 Å². The molecule has 8 bridgehead atoms. The van der Waals surface area contributed by atoms with Crippen molar-refractivity contribution in [2.75, 3.05) is 0 Å². The van der Waals surface area contributed by atoms with Crippen molar-refractivity contribution in [1.29, 1.82) is 0 Å². The van der Waals surface area contributed by atoms with E-state index in [-0.39, 0.29) is 5.91 Å². The van der Waals surface area contributed by atoms with Crippen LogP contribution in [0.1, 0.15) is 83.1 Å². The summed E-state index contributed by atoms with van der Waals surface area (Å²) in [5, 5.41) is 3.07. The summed E-state index contributed by atoms with van der Waals surface area (Å²) < 4.78 is 12.4. The molecule has 0 aliphatic carbocycles. The van der Waals surface area contributed by atoms with Gasteiger partial charge in [-0.3, -0.25) is 4.79 Å². The van der Waals surface area contributed by atoms with E-state index in [0.29, 0.717) is 12.1 Å². The van der Waals surface area contributed by atoms with Gasteiger partial charge in [-0.15, -0.1) is 0 Å². The summed E-state index contributed by atoms with van der Waals surface area (Å²) in [6.45, 7) is 15.1. The molecule has 58 heavy (non-hydrogen) atoms. The van der Waals surface area contributed by atoms with Crippen molar-refractivity contribution in [1.82, 2.24) is 25.3 Å². The van der Waals surface area contributed by atoms with Crippen molar-refractivity contribution in [3.63, 3.8) is 0 Å². The molecule has 3 aromatic carbocycles. The summed E-state index contributed by atoms with van der Waals surface area (Å²) in [7, 11) is -0.424. The van der Waals surface area contributed by atoms with E-state index in [4.69, 9.17) is 19.3 Å². The minimum absolute atomic E-state index is 0.148. The minimum Gasteiger partial charge on any atom is -0.399 e. The van der Waals surface area contributed by atoms with Crippen molar-refractivity contribution in [3.8, 4) is 22.3 Å². The van der Waals surface area contributed by atoms with Crippen molar-refractivity contribution >= 4 is 64.9 Å². The standard InChI is InChI=1S/C49H46BN5O3/c1-29-24-30(2)44(31(3)25-29)46-42-22-18-38(54-42)26-36-16-20-40(52-36)45(41-21-17-37(53-41)27-39-19-23-43(46)55-39)33-10-12-34(13-11-33)47(56)51-28-32-8-14-35(15-9-32)50-57-48(4,5)49(6,7)58-50/h8-27,52,55H,28H2,1-7H3,(H,51,56). The molecular formula is C49H46BN5O3. The monoisotopic (exact) mass is 763 g/mol. The van der Waals surface area contributed by atoms with E-state index in [1.54, 1.807) is 0 Å². The lowest BCUT2D eigenvalue weighted by molar-refractivity contribution is 0.00578. The van der Waals surface area contributed by atoms with Gasteiger partial charge in [-0.2, -0.15) is 0 Å². The Labute approximate surface area is 339 Å². The lowest BCUT2D eigenvalue weighted by atomic mass is 9.79. The quantitative estimate of drug-likeness (QED) is 0.146. The van der Waals surface area contributed by atoms with Crippen LogP contribution in [0.4, 0.5) is 0 Å². The molecule has 1 saturated heterocycles. The number of amides is 1. The lowest BCUT2D eigenvalue weighted by Gasteiger charge is -2.32. The summed E-state index contributed by atoms with van der Waals surface area (Å²) >= 11 is 0. The number of hydrogen-bond acceptors (Lipinski definition) is 5. The molecule has 3 aromatic heterocycles. The number of aromatic nitrogens is 4. The Hall–Kier alpha value is -6.29. The summed E-state index contributed by atoms with van der Waals surface area (Å²) in [5.74, 6) is -0.148. The third-order valence-corrected chi connectivity index (χ3v) is 11.7. The zero-order chi connectivity index (χ0) is 40.3. The van der Waals surface area contributed by atoms with E-state index < -0.39 is 18.3 Å². The predicted molar refractivity (Wildman–Crippen MR) is 237 cm³/mol. The van der Waals surface area contributed by atoms with Crippen LogP contribution in [-0.2, 0) is 15.9 Å². The van der Waals surface area contributed by atoms with Crippen LogP contribution in [-0.4, -0.2) is 44.2 Å². The number of rotatable bonds is 6. The Bertz CT molecular complexity index is 2810. The number of benzene rings is 3. The second-order valence-electron chi connectivity index (χ2n) is 16.6. The lowest BCUT2D eigenvalue weighted by Crippen LogP contribution is -2.41. The maximum Gasteiger partial charge on any atom is 0.494 e.